The van der Waals surface area contributed by atoms with Gasteiger partial charge in [-0.05, 0) is 99.3 Å². The predicted molar refractivity (Wildman–Crippen MR) is 196 cm³/mol. The number of aromatic amines is 2. The van der Waals surface area contributed by atoms with Gasteiger partial charge in [0.05, 0.1) is 24.5 Å². The van der Waals surface area contributed by atoms with E-state index in [1.807, 2.05) is 119 Å². The number of nitrogens with one attached hydrogen (secondary N) is 4. The van der Waals surface area contributed by atoms with Crippen LogP contribution in [0.3, 0.4) is 0 Å². The minimum absolute atomic E-state index is 0.321. The Kier molecular flexibility index (Phi) is 10.8. The van der Waals surface area contributed by atoms with Gasteiger partial charge in [0.2, 0.25) is 0 Å². The number of amides is 2. The van der Waals surface area contributed by atoms with Crippen molar-refractivity contribution in [2.75, 3.05) is 0 Å². The Morgan fingerprint density at radius 1 is 0.600 bits per heavy atom. The number of alkyl carbamates (subject to hydrolysis) is 2. The lowest BCUT2D eigenvalue weighted by atomic mass is 9.86. The second-order valence-electron chi connectivity index (χ2n) is 16.5. The fraction of sp³-hybridized carbons (Fsp3) is 0.450. The Morgan fingerprint density at radius 3 is 1.28 bits per heavy atom. The summed E-state index contributed by atoms with van der Waals surface area (Å²) >= 11 is 0. The van der Waals surface area contributed by atoms with E-state index in [0.717, 1.165) is 21.9 Å². The van der Waals surface area contributed by atoms with Gasteiger partial charge in [-0.3, -0.25) is 0 Å². The summed E-state index contributed by atoms with van der Waals surface area (Å²) in [6.45, 7) is 23.1. The van der Waals surface area contributed by atoms with Crippen LogP contribution in [-0.4, -0.2) is 43.3 Å². The van der Waals surface area contributed by atoms with Crippen LogP contribution in [-0.2, 0) is 9.47 Å². The molecular weight excluding hydrogens is 628 g/mol. The molecule has 0 saturated carbocycles. The van der Waals surface area contributed by atoms with Crippen molar-refractivity contribution in [2.45, 2.75) is 106 Å². The highest BCUT2D eigenvalue weighted by molar-refractivity contribution is 5.85. The summed E-state index contributed by atoms with van der Waals surface area (Å²) in [4.78, 5) is 40.6. The van der Waals surface area contributed by atoms with Crippen molar-refractivity contribution < 1.29 is 19.1 Å². The molecule has 0 aliphatic carbocycles. The zero-order valence-corrected chi connectivity index (χ0v) is 31.3. The summed E-state index contributed by atoms with van der Waals surface area (Å²) in [7, 11) is 0. The van der Waals surface area contributed by atoms with Gasteiger partial charge in [-0.15, -0.1) is 0 Å². The van der Waals surface area contributed by atoms with Gasteiger partial charge in [0.25, 0.3) is 0 Å². The van der Waals surface area contributed by atoms with E-state index >= 15 is 0 Å². The molecular formula is C40H50N6O4. The monoisotopic (exact) mass is 678 g/mol. The molecule has 0 fully saturated rings. The molecule has 50 heavy (non-hydrogen) atoms. The molecule has 0 saturated heterocycles. The number of H-pyrrole nitrogens is 2. The molecule has 0 bridgehead atoms. The fourth-order valence-corrected chi connectivity index (χ4v) is 5.01. The van der Waals surface area contributed by atoms with Crippen LogP contribution in [0.5, 0.6) is 0 Å². The molecule has 0 aliphatic rings. The van der Waals surface area contributed by atoms with Gasteiger partial charge in [0, 0.05) is 11.1 Å². The van der Waals surface area contributed by atoms with E-state index < -0.39 is 35.5 Å². The molecule has 2 amide bonds. The molecule has 0 spiro atoms. The highest BCUT2D eigenvalue weighted by Crippen LogP contribution is 2.32. The SMILES string of the molecule is CC(C)(C)OC(=O)N[C@H](c1ncc(C#Cc2ccc3cc(C#Cc4cnc([C@@H](NC(=O)OC(C)(C)C)C(C)(C)C)[nH]4)ccc3c2)[nH]1)C(C)(C)C. The summed E-state index contributed by atoms with van der Waals surface area (Å²) in [5, 5.41) is 7.96. The van der Waals surface area contributed by atoms with Gasteiger partial charge >= 0.3 is 12.2 Å². The minimum Gasteiger partial charge on any atom is -0.444 e. The number of hydrogen-bond donors (Lipinski definition) is 4. The number of imidazole rings is 2. The largest absolute Gasteiger partial charge is 0.444 e. The second-order valence-corrected chi connectivity index (χ2v) is 16.5. The van der Waals surface area contributed by atoms with E-state index in [-0.39, 0.29) is 10.8 Å². The van der Waals surface area contributed by atoms with Crippen LogP contribution in [0.1, 0.15) is 129 Å². The molecule has 2 heterocycles. The van der Waals surface area contributed by atoms with E-state index in [0.29, 0.717) is 23.0 Å². The lowest BCUT2D eigenvalue weighted by molar-refractivity contribution is 0.0448. The highest BCUT2D eigenvalue weighted by atomic mass is 16.6. The van der Waals surface area contributed by atoms with Gasteiger partial charge in [-0.1, -0.05) is 65.5 Å². The standard InChI is InChI=1S/C40H50N6O4/c1-37(2,3)31(45-35(47)49-39(7,8)9)33-41-23-29(43-33)19-15-25-13-17-28-22-26(14-18-27(28)21-25)16-20-30-24-42-34(44-30)32(38(4,5)6)46-36(48)50-40(10,11)12/h13-14,17-18,21-24,31-32H,1-12H3,(H,41,43)(H,42,44)(H,45,47)(H,46,48)/t31-,32-/m1/s1. The summed E-state index contributed by atoms with van der Waals surface area (Å²) in [5.74, 6) is 14.0. The van der Waals surface area contributed by atoms with Crippen LogP contribution in [0.4, 0.5) is 9.59 Å². The molecule has 10 nitrogen and oxygen atoms in total. The van der Waals surface area contributed by atoms with Crippen molar-refractivity contribution in [3.8, 4) is 23.7 Å². The molecule has 2 atom stereocenters. The molecule has 4 N–H and O–H groups in total. The van der Waals surface area contributed by atoms with Crippen molar-refractivity contribution in [1.82, 2.24) is 30.6 Å². The van der Waals surface area contributed by atoms with Gasteiger partial charge in [0.1, 0.15) is 34.2 Å². The highest BCUT2D eigenvalue weighted by Gasteiger charge is 2.33. The van der Waals surface area contributed by atoms with E-state index in [4.69, 9.17) is 9.47 Å². The number of hydrogen-bond acceptors (Lipinski definition) is 6. The van der Waals surface area contributed by atoms with Crippen molar-refractivity contribution in [3.05, 3.63) is 83.0 Å². The summed E-state index contributed by atoms with van der Waals surface area (Å²) < 4.78 is 10.9. The Morgan fingerprint density at radius 2 is 0.960 bits per heavy atom. The van der Waals surface area contributed by atoms with Crippen LogP contribution in [0.15, 0.2) is 48.8 Å². The molecule has 10 heteroatoms. The predicted octanol–water partition coefficient (Wildman–Crippen LogP) is 8.31. The van der Waals surface area contributed by atoms with Crippen LogP contribution >= 0.6 is 0 Å². The first kappa shape index (κ1) is 37.6. The number of ether oxygens (including phenoxy) is 2. The Balaban J connectivity index is 1.47. The molecule has 4 rings (SSSR count). The fourth-order valence-electron chi connectivity index (χ4n) is 5.01. The van der Waals surface area contributed by atoms with E-state index in [1.165, 1.54) is 0 Å². The average Bonchev–Trinajstić information content (AvgIpc) is 3.63. The third-order valence-electron chi connectivity index (χ3n) is 7.32. The van der Waals surface area contributed by atoms with Crippen LogP contribution in [0, 0.1) is 34.5 Å². The Bertz CT molecular complexity index is 1830. The first-order valence-corrected chi connectivity index (χ1v) is 16.7. The zero-order chi connectivity index (χ0) is 37.1. The summed E-state index contributed by atoms with van der Waals surface area (Å²) in [5.41, 5.74) is 1.14. The minimum atomic E-state index is -0.604. The number of aromatic nitrogens is 4. The maximum atomic E-state index is 12.5. The number of carbonyl (C=O) groups is 2. The quantitative estimate of drug-likeness (QED) is 0.161. The Hall–Kier alpha value is -5.22. The number of rotatable bonds is 4. The van der Waals surface area contributed by atoms with Crippen LogP contribution in [0.2, 0.25) is 0 Å². The topological polar surface area (TPSA) is 134 Å². The summed E-state index contributed by atoms with van der Waals surface area (Å²) in [6.07, 6.45) is 2.35. The van der Waals surface area contributed by atoms with E-state index in [9.17, 15) is 9.59 Å². The van der Waals surface area contributed by atoms with Gasteiger partial charge in [-0.2, -0.15) is 0 Å². The van der Waals surface area contributed by atoms with Crippen molar-refractivity contribution in [1.29, 1.82) is 0 Å². The first-order valence-electron chi connectivity index (χ1n) is 16.7. The molecule has 2 aromatic heterocycles. The number of fused-ring (bicyclic) bond motifs is 1. The molecule has 0 unspecified atom stereocenters. The molecule has 2 aromatic carbocycles. The average molecular weight is 679 g/mol. The van der Waals surface area contributed by atoms with Crippen LogP contribution in [0.25, 0.3) is 10.8 Å². The molecule has 264 valence electrons. The first-order chi connectivity index (χ1) is 23.1. The maximum Gasteiger partial charge on any atom is 0.408 e. The number of carbonyl (C=O) groups excluding carboxylic acids is 2. The van der Waals surface area contributed by atoms with E-state index in [2.05, 4.69) is 54.3 Å². The number of nitrogens with zero attached hydrogens (tertiary/aromatic N) is 2. The summed E-state index contributed by atoms with van der Waals surface area (Å²) in [6, 6.07) is 11.2. The van der Waals surface area contributed by atoms with Crippen LogP contribution < -0.4 is 10.6 Å². The number of benzene rings is 2. The van der Waals surface area contributed by atoms with Crippen molar-refractivity contribution in [3.63, 3.8) is 0 Å². The van der Waals surface area contributed by atoms with E-state index in [1.54, 1.807) is 12.4 Å². The third-order valence-corrected chi connectivity index (χ3v) is 7.32. The smallest absolute Gasteiger partial charge is 0.408 e. The Labute approximate surface area is 295 Å². The maximum absolute atomic E-state index is 12.5. The van der Waals surface area contributed by atoms with Gasteiger partial charge in [-0.25, -0.2) is 19.6 Å². The second kappa shape index (κ2) is 14.3. The van der Waals surface area contributed by atoms with Crippen molar-refractivity contribution >= 4 is 23.0 Å². The molecule has 0 radical (unpaired) electrons. The van der Waals surface area contributed by atoms with Gasteiger partial charge < -0.3 is 30.1 Å². The van der Waals surface area contributed by atoms with Gasteiger partial charge in [0.15, 0.2) is 0 Å². The zero-order valence-electron chi connectivity index (χ0n) is 31.3. The lowest BCUT2D eigenvalue weighted by Gasteiger charge is -2.31. The third kappa shape index (κ3) is 10.9. The normalized spacial score (nSPS) is 13.3. The lowest BCUT2D eigenvalue weighted by Crippen LogP contribution is -2.40. The molecule has 4 aromatic rings. The van der Waals surface area contributed by atoms with Crippen molar-refractivity contribution in [2.24, 2.45) is 10.8 Å². The molecule has 0 aliphatic heterocycles.